The molecule has 30 heavy (non-hydrogen) atoms. The van der Waals surface area contributed by atoms with Gasteiger partial charge in [-0.15, -0.1) is 0 Å². The van der Waals surface area contributed by atoms with Crippen LogP contribution in [0, 0.1) is 17.8 Å². The first kappa shape index (κ1) is 19.1. The molecule has 1 aromatic carbocycles. The van der Waals surface area contributed by atoms with Crippen LogP contribution in [-0.4, -0.2) is 42.5 Å². The van der Waals surface area contributed by atoms with Gasteiger partial charge in [0.25, 0.3) is 0 Å². The summed E-state index contributed by atoms with van der Waals surface area (Å²) in [5, 5.41) is 0. The van der Waals surface area contributed by atoms with E-state index in [0.717, 1.165) is 42.6 Å². The first-order valence-electron chi connectivity index (χ1n) is 11.4. The zero-order valence-electron chi connectivity index (χ0n) is 17.4. The summed E-state index contributed by atoms with van der Waals surface area (Å²) in [4.78, 5) is 11.9. The Balaban J connectivity index is 1.24. The van der Waals surface area contributed by atoms with Crippen LogP contribution in [0.15, 0.2) is 30.3 Å². The number of fused-ring (bicyclic) bond motifs is 1. The Labute approximate surface area is 177 Å². The third kappa shape index (κ3) is 3.33. The summed E-state index contributed by atoms with van der Waals surface area (Å²) in [6.07, 6.45) is 4.42. The van der Waals surface area contributed by atoms with E-state index in [9.17, 15) is 4.79 Å². The van der Waals surface area contributed by atoms with E-state index in [1.807, 2.05) is 37.3 Å². The molecule has 6 heteroatoms. The van der Waals surface area contributed by atoms with E-state index in [0.29, 0.717) is 6.61 Å². The Morgan fingerprint density at radius 2 is 1.60 bits per heavy atom. The summed E-state index contributed by atoms with van der Waals surface area (Å²) in [5.41, 5.74) is 0.940. The van der Waals surface area contributed by atoms with Crippen LogP contribution in [0.3, 0.4) is 0 Å². The molecule has 1 aromatic rings. The lowest BCUT2D eigenvalue weighted by Crippen LogP contribution is -2.61. The highest BCUT2D eigenvalue weighted by atomic mass is 16.8. The van der Waals surface area contributed by atoms with Crippen LogP contribution in [-0.2, 0) is 30.3 Å². The molecule has 5 atom stereocenters. The molecule has 0 spiro atoms. The molecule has 2 aliphatic heterocycles. The molecule has 162 valence electrons. The maximum absolute atomic E-state index is 11.9. The average molecular weight is 414 g/mol. The van der Waals surface area contributed by atoms with Crippen molar-refractivity contribution in [1.82, 2.24) is 0 Å². The predicted molar refractivity (Wildman–Crippen MR) is 106 cm³/mol. The molecular formula is C24H30O6. The van der Waals surface area contributed by atoms with E-state index < -0.39 is 30.8 Å². The fourth-order valence-electron chi connectivity index (χ4n) is 6.98. The lowest BCUT2D eigenvalue weighted by molar-refractivity contribution is -0.333. The molecular weight excluding hydrogens is 384 g/mol. The standard InChI is InChI=1S/C24H30O6/c1-14-19-20(29-23(25)28-19)21(26-13-15-5-3-2-4-6-15)22(27-14)30-24-10-16-7-17(11-24)9-18(8-16)12-24/h2-6,14,16-22H,7-13H2,1H3/t14-,16?,17?,18?,19-,20+,21+,22+,24?/m0/s1. The Morgan fingerprint density at radius 3 is 2.27 bits per heavy atom. The zero-order valence-corrected chi connectivity index (χ0v) is 17.4. The van der Waals surface area contributed by atoms with Gasteiger partial charge in [-0.25, -0.2) is 4.79 Å². The highest BCUT2D eigenvalue weighted by Crippen LogP contribution is 2.57. The number of benzene rings is 1. The van der Waals surface area contributed by atoms with Crippen molar-refractivity contribution >= 4 is 6.16 Å². The average Bonchev–Trinajstić information content (AvgIpc) is 3.09. The van der Waals surface area contributed by atoms with Gasteiger partial charge in [-0.3, -0.25) is 0 Å². The molecule has 2 saturated heterocycles. The quantitative estimate of drug-likeness (QED) is 0.673. The Kier molecular flexibility index (Phi) is 4.59. The van der Waals surface area contributed by atoms with Gasteiger partial charge >= 0.3 is 6.16 Å². The van der Waals surface area contributed by atoms with Crippen molar-refractivity contribution in [3.8, 4) is 0 Å². The van der Waals surface area contributed by atoms with E-state index in [1.54, 1.807) is 0 Å². The van der Waals surface area contributed by atoms with Gasteiger partial charge in [0.1, 0.15) is 6.10 Å². The molecule has 6 nitrogen and oxygen atoms in total. The van der Waals surface area contributed by atoms with Gasteiger partial charge in [0.05, 0.1) is 18.3 Å². The van der Waals surface area contributed by atoms with Crippen LogP contribution in [0.1, 0.15) is 51.0 Å². The summed E-state index contributed by atoms with van der Waals surface area (Å²) < 4.78 is 30.3. The van der Waals surface area contributed by atoms with E-state index >= 15 is 0 Å². The summed E-state index contributed by atoms with van der Waals surface area (Å²) in [6, 6.07) is 10.0. The van der Waals surface area contributed by atoms with Crippen molar-refractivity contribution in [2.45, 2.75) is 88.4 Å². The first-order chi connectivity index (χ1) is 14.6. The minimum Gasteiger partial charge on any atom is -0.424 e. The summed E-state index contributed by atoms with van der Waals surface area (Å²) in [6.45, 7) is 2.33. The molecule has 0 amide bonds. The van der Waals surface area contributed by atoms with Gasteiger partial charge in [-0.2, -0.15) is 0 Å². The smallest absolute Gasteiger partial charge is 0.424 e. The summed E-state index contributed by atoms with van der Waals surface area (Å²) in [7, 11) is 0. The predicted octanol–water partition coefficient (Wildman–Crippen LogP) is 4.21. The van der Waals surface area contributed by atoms with Gasteiger partial charge in [-0.05, 0) is 68.8 Å². The van der Waals surface area contributed by atoms with Gasteiger partial charge in [0, 0.05) is 0 Å². The van der Waals surface area contributed by atoms with Crippen molar-refractivity contribution < 1.29 is 28.5 Å². The third-order valence-electron chi connectivity index (χ3n) is 7.83. The maximum Gasteiger partial charge on any atom is 0.509 e. The van der Waals surface area contributed by atoms with Crippen molar-refractivity contribution in [3.63, 3.8) is 0 Å². The highest BCUT2D eigenvalue weighted by molar-refractivity contribution is 5.63. The van der Waals surface area contributed by atoms with Gasteiger partial charge in [-0.1, -0.05) is 30.3 Å². The van der Waals surface area contributed by atoms with Crippen molar-refractivity contribution in [3.05, 3.63) is 35.9 Å². The highest BCUT2D eigenvalue weighted by Gasteiger charge is 2.58. The van der Waals surface area contributed by atoms with E-state index in [1.165, 1.54) is 19.3 Å². The largest absolute Gasteiger partial charge is 0.509 e. The number of ether oxygens (including phenoxy) is 5. The topological polar surface area (TPSA) is 63.2 Å². The number of hydrogen-bond acceptors (Lipinski definition) is 6. The molecule has 2 heterocycles. The fraction of sp³-hybridized carbons (Fsp3) is 0.708. The Hall–Kier alpha value is -1.63. The lowest BCUT2D eigenvalue weighted by Gasteiger charge is -2.57. The zero-order chi connectivity index (χ0) is 20.3. The molecule has 0 unspecified atom stereocenters. The summed E-state index contributed by atoms with van der Waals surface area (Å²) >= 11 is 0. The van der Waals surface area contributed by atoms with Crippen LogP contribution in [0.5, 0.6) is 0 Å². The van der Waals surface area contributed by atoms with Crippen molar-refractivity contribution in [2.75, 3.05) is 0 Å². The molecule has 4 saturated carbocycles. The van der Waals surface area contributed by atoms with E-state index in [-0.39, 0.29) is 11.7 Å². The molecule has 6 fully saturated rings. The second-order valence-electron chi connectivity index (χ2n) is 10.1. The molecule has 6 aliphatic rings. The van der Waals surface area contributed by atoms with Crippen LogP contribution < -0.4 is 0 Å². The number of carbonyl (C=O) groups is 1. The Morgan fingerprint density at radius 1 is 0.967 bits per heavy atom. The normalized spacial score (nSPS) is 46.4. The molecule has 4 bridgehead atoms. The van der Waals surface area contributed by atoms with Crippen molar-refractivity contribution in [2.24, 2.45) is 17.8 Å². The second-order valence-corrected chi connectivity index (χ2v) is 10.1. The monoisotopic (exact) mass is 414 g/mol. The van der Waals surface area contributed by atoms with E-state index in [2.05, 4.69) is 0 Å². The molecule has 4 aliphatic carbocycles. The molecule has 0 N–H and O–H groups in total. The van der Waals surface area contributed by atoms with E-state index in [4.69, 9.17) is 23.7 Å². The van der Waals surface area contributed by atoms with Gasteiger partial charge in [0.15, 0.2) is 18.5 Å². The van der Waals surface area contributed by atoms with Gasteiger partial charge in [0.2, 0.25) is 0 Å². The van der Waals surface area contributed by atoms with Crippen LogP contribution >= 0.6 is 0 Å². The lowest BCUT2D eigenvalue weighted by atomic mass is 9.54. The number of hydrogen-bond donors (Lipinski definition) is 0. The maximum atomic E-state index is 11.9. The molecule has 7 rings (SSSR count). The first-order valence-corrected chi connectivity index (χ1v) is 11.4. The molecule has 0 aromatic heterocycles. The minimum atomic E-state index is -0.649. The second kappa shape index (κ2) is 7.21. The number of rotatable bonds is 5. The summed E-state index contributed by atoms with van der Waals surface area (Å²) in [5.74, 6) is 2.34. The van der Waals surface area contributed by atoms with Crippen LogP contribution in [0.4, 0.5) is 4.79 Å². The van der Waals surface area contributed by atoms with Gasteiger partial charge < -0.3 is 23.7 Å². The Bertz CT molecular complexity index is 759. The SMILES string of the molecule is C[C@@H]1O[C@H](OC23CC4CC(CC(C4)C2)C3)[C@H](OCc2ccccc2)[C@@H]2OC(=O)O[C@H]21. The minimum absolute atomic E-state index is 0.121. The molecule has 0 radical (unpaired) electrons. The van der Waals surface area contributed by atoms with Crippen LogP contribution in [0.25, 0.3) is 0 Å². The van der Waals surface area contributed by atoms with Crippen LogP contribution in [0.2, 0.25) is 0 Å². The fourth-order valence-corrected chi connectivity index (χ4v) is 6.98. The third-order valence-corrected chi connectivity index (χ3v) is 7.83. The number of carbonyl (C=O) groups excluding carboxylic acids is 1. The van der Waals surface area contributed by atoms with Crippen molar-refractivity contribution in [1.29, 1.82) is 0 Å².